The zero-order valence-electron chi connectivity index (χ0n) is 42.9. The minimum Gasteiger partial charge on any atom is -0.497 e. The van der Waals surface area contributed by atoms with Crippen molar-refractivity contribution in [1.29, 1.82) is 0 Å². The van der Waals surface area contributed by atoms with Crippen LogP contribution in [-0.2, 0) is 28.7 Å². The summed E-state index contributed by atoms with van der Waals surface area (Å²) in [6.45, 7) is 9.82. The van der Waals surface area contributed by atoms with Crippen molar-refractivity contribution >= 4 is 105 Å². The van der Waals surface area contributed by atoms with Crippen molar-refractivity contribution in [2.24, 2.45) is 0 Å². The average molecular weight is 1050 g/mol. The zero-order chi connectivity index (χ0) is 52.7. The lowest BCUT2D eigenvalue weighted by Crippen LogP contribution is -2.51. The van der Waals surface area contributed by atoms with Gasteiger partial charge in [0.15, 0.2) is 15.3 Å². The fraction of sp³-hybridized carbons (Fsp3) is 0.509. The first-order valence-corrected chi connectivity index (χ1v) is 27.0. The molecule has 3 aromatic rings. The number of amides is 6. The molecule has 390 valence electrons. The number of rotatable bonds is 8. The van der Waals surface area contributed by atoms with Crippen LogP contribution in [0.5, 0.6) is 5.75 Å². The Morgan fingerprint density at radius 3 is 1.08 bits per heavy atom. The summed E-state index contributed by atoms with van der Waals surface area (Å²) in [4.78, 5) is 85.7. The molecular formula is C55H68N6O9S3. The summed E-state index contributed by atoms with van der Waals surface area (Å²) in [7, 11) is 1.60. The Morgan fingerprint density at radius 2 is 0.781 bits per heavy atom. The molecule has 0 N–H and O–H groups in total. The number of carbonyl (C=O) groups is 6. The number of methoxy groups -OCH3 is 1. The van der Waals surface area contributed by atoms with Crippen molar-refractivity contribution in [2.45, 2.75) is 160 Å². The maximum Gasteiger partial charge on any atom is 0.423 e. The minimum absolute atomic E-state index is 0.119. The zero-order valence-corrected chi connectivity index (χ0v) is 45.4. The molecule has 3 spiro atoms. The lowest BCUT2D eigenvalue weighted by molar-refractivity contribution is -0.141. The van der Waals surface area contributed by atoms with E-state index < -0.39 is 28.8 Å². The van der Waals surface area contributed by atoms with Crippen LogP contribution in [-0.4, -0.2) is 103 Å². The molecule has 3 aromatic carbocycles. The molecule has 6 fully saturated rings. The molecule has 9 rings (SSSR count). The summed E-state index contributed by atoms with van der Waals surface area (Å²) < 4.78 is 15.3. The van der Waals surface area contributed by atoms with Gasteiger partial charge in [0.1, 0.15) is 22.4 Å². The van der Waals surface area contributed by atoms with Crippen molar-refractivity contribution in [3.63, 3.8) is 0 Å². The van der Waals surface area contributed by atoms with Gasteiger partial charge in [0, 0.05) is 23.5 Å². The smallest absolute Gasteiger partial charge is 0.423 e. The fourth-order valence-electron chi connectivity index (χ4n) is 11.2. The second-order valence-electron chi connectivity index (χ2n) is 19.5. The van der Waals surface area contributed by atoms with Gasteiger partial charge in [-0.05, 0) is 158 Å². The Bertz CT molecular complexity index is 2460. The molecule has 3 saturated heterocycles. The predicted molar refractivity (Wildman–Crippen MR) is 293 cm³/mol. The Hall–Kier alpha value is -5.85. The highest BCUT2D eigenvalue weighted by atomic mass is 32.1. The summed E-state index contributed by atoms with van der Waals surface area (Å²) in [5, 5.41) is 0.768. The highest BCUT2D eigenvalue weighted by Crippen LogP contribution is 2.47. The topological polar surface area (TPSA) is 150 Å². The van der Waals surface area contributed by atoms with Crippen molar-refractivity contribution < 1.29 is 43.0 Å². The molecule has 3 aliphatic heterocycles. The third-order valence-corrected chi connectivity index (χ3v) is 15.9. The lowest BCUT2D eigenvalue weighted by atomic mass is 9.80. The molecule has 6 amide bonds. The van der Waals surface area contributed by atoms with E-state index in [1.54, 1.807) is 21.0 Å². The first-order valence-electron chi connectivity index (χ1n) is 25.8. The number of thiocarbonyl (C=S) groups is 3. The lowest BCUT2D eigenvalue weighted by Gasteiger charge is -2.39. The maximum atomic E-state index is 13.2. The van der Waals surface area contributed by atoms with Crippen molar-refractivity contribution in [2.75, 3.05) is 35.0 Å². The van der Waals surface area contributed by atoms with E-state index in [1.165, 1.54) is 4.90 Å². The molecule has 3 aliphatic carbocycles. The SMILES string of the molecule is CCCC(=O)N1C(=O)C2(CCCCC2)N(c2ccc(C)cc2)C1=S.CCOC(=O)N1C(=O)C2(CCCCC2)N(c2ccc(C)cc2)C1=S.CCOC(=O)N1C(=O)C2(CCCCC2)N(c2ccc(OC)cc2)C1=S. The predicted octanol–water partition coefficient (Wildman–Crippen LogP) is 11.2. The number of hydrogen-bond donors (Lipinski definition) is 0. The molecular weight excluding hydrogens is 985 g/mol. The van der Waals surface area contributed by atoms with Crippen LogP contribution >= 0.6 is 36.7 Å². The third kappa shape index (κ3) is 10.5. The van der Waals surface area contributed by atoms with E-state index in [2.05, 4.69) is 0 Å². The van der Waals surface area contributed by atoms with Gasteiger partial charge >= 0.3 is 12.2 Å². The van der Waals surface area contributed by atoms with Gasteiger partial charge in [0.25, 0.3) is 17.7 Å². The normalized spacial score (nSPS) is 19.8. The van der Waals surface area contributed by atoms with Gasteiger partial charge in [-0.15, -0.1) is 0 Å². The van der Waals surface area contributed by atoms with Crippen LogP contribution in [0.1, 0.15) is 141 Å². The summed E-state index contributed by atoms with van der Waals surface area (Å²) in [6.07, 6.45) is 13.0. The van der Waals surface area contributed by atoms with Gasteiger partial charge < -0.3 is 28.9 Å². The Morgan fingerprint density at radius 1 is 0.479 bits per heavy atom. The quantitative estimate of drug-likeness (QED) is 0.197. The molecule has 0 bridgehead atoms. The van der Waals surface area contributed by atoms with Crippen LogP contribution < -0.4 is 19.4 Å². The van der Waals surface area contributed by atoms with Crippen molar-refractivity contribution in [3.8, 4) is 5.75 Å². The Kier molecular flexibility index (Phi) is 17.7. The van der Waals surface area contributed by atoms with Gasteiger partial charge in [-0.25, -0.2) is 14.5 Å². The molecule has 0 radical (unpaired) electrons. The first-order chi connectivity index (χ1) is 35.1. The number of benzene rings is 3. The Balaban J connectivity index is 0.000000160. The molecule has 0 unspecified atom stereocenters. The van der Waals surface area contributed by atoms with E-state index in [0.29, 0.717) is 43.6 Å². The summed E-state index contributed by atoms with van der Waals surface area (Å²) >= 11 is 16.7. The highest BCUT2D eigenvalue weighted by Gasteiger charge is 2.60. The summed E-state index contributed by atoms with van der Waals surface area (Å²) in [5.74, 6) is -0.0869. The maximum absolute atomic E-state index is 13.2. The fourth-order valence-corrected chi connectivity index (χ4v) is 12.5. The van der Waals surface area contributed by atoms with Crippen molar-refractivity contribution in [1.82, 2.24) is 14.7 Å². The molecule has 6 aliphatic rings. The molecule has 3 heterocycles. The van der Waals surface area contributed by atoms with Crippen LogP contribution in [0.3, 0.4) is 0 Å². The number of carbonyl (C=O) groups excluding carboxylic acids is 6. The van der Waals surface area contributed by atoms with Crippen LogP contribution in [0.2, 0.25) is 0 Å². The summed E-state index contributed by atoms with van der Waals surface area (Å²) in [6, 6.07) is 23.3. The van der Waals surface area contributed by atoms with E-state index in [0.717, 1.165) is 114 Å². The standard InChI is InChI=1S/C19H24N2O2S.C18H22N2O4S.C18H22N2O3S/c1-3-7-16(22)20-17(23)19(12-5-4-6-13-19)21(18(20)24)15-10-8-14(2)9-11-15;1-3-24-17(22)19-15(21)18(11-5-4-6-12-18)20(16(19)25)13-7-9-14(23-2)10-8-13;1-3-23-17(22)19-15(21)18(11-5-4-6-12-18)20(16(19)24)14-9-7-13(2)8-10-14/h8-11H,3-7,12-13H2,1-2H3;7-10H,3-6,11-12H2,1-2H3;7-10H,3-6,11-12H2,1-2H3. The molecule has 73 heavy (non-hydrogen) atoms. The number of anilines is 3. The van der Waals surface area contributed by atoms with Gasteiger partial charge in [-0.2, -0.15) is 9.80 Å². The van der Waals surface area contributed by atoms with Gasteiger partial charge in [-0.1, -0.05) is 100 Å². The Labute approximate surface area is 445 Å². The second-order valence-corrected chi connectivity index (χ2v) is 20.6. The van der Waals surface area contributed by atoms with Crippen LogP contribution in [0.25, 0.3) is 0 Å². The monoisotopic (exact) mass is 1050 g/mol. The molecule has 18 heteroatoms. The van der Waals surface area contributed by atoms with Crippen LogP contribution in [0.4, 0.5) is 26.7 Å². The minimum atomic E-state index is -0.795. The number of ether oxygens (including phenoxy) is 3. The number of hydrogen-bond acceptors (Lipinski definition) is 12. The molecule has 0 aromatic heterocycles. The third-order valence-electron chi connectivity index (χ3n) is 14.8. The average Bonchev–Trinajstić information content (AvgIpc) is 3.82. The van der Waals surface area contributed by atoms with E-state index in [9.17, 15) is 28.8 Å². The number of aryl methyl sites for hydroxylation is 2. The first kappa shape index (κ1) is 54.9. The van der Waals surface area contributed by atoms with Gasteiger partial charge in [0.05, 0.1) is 20.3 Å². The number of imide groups is 3. The van der Waals surface area contributed by atoms with Crippen molar-refractivity contribution in [3.05, 3.63) is 83.9 Å². The highest BCUT2D eigenvalue weighted by molar-refractivity contribution is 7.81. The summed E-state index contributed by atoms with van der Waals surface area (Å²) in [5.41, 5.74) is 2.62. The molecule has 3 saturated carbocycles. The largest absolute Gasteiger partial charge is 0.497 e. The van der Waals surface area contributed by atoms with E-state index in [4.69, 9.17) is 50.9 Å². The molecule has 15 nitrogen and oxygen atoms in total. The van der Waals surface area contributed by atoms with E-state index in [-0.39, 0.29) is 47.1 Å². The van der Waals surface area contributed by atoms with E-state index >= 15 is 0 Å². The van der Waals surface area contributed by atoms with Crippen LogP contribution in [0, 0.1) is 13.8 Å². The second kappa shape index (κ2) is 23.6. The molecule has 0 atom stereocenters. The van der Waals surface area contributed by atoms with Crippen LogP contribution in [0.15, 0.2) is 72.8 Å². The number of nitrogens with zero attached hydrogens (tertiary/aromatic N) is 6. The van der Waals surface area contributed by atoms with Gasteiger partial charge in [0.2, 0.25) is 5.91 Å². The van der Waals surface area contributed by atoms with Gasteiger partial charge in [-0.3, -0.25) is 19.2 Å². The van der Waals surface area contributed by atoms with E-state index in [1.807, 2.05) is 108 Å².